The third kappa shape index (κ3) is 2.90. The quantitative estimate of drug-likeness (QED) is 0.859. The Hall–Kier alpha value is -1.71. The van der Waals surface area contributed by atoms with Crippen molar-refractivity contribution >= 4 is 5.91 Å². The zero-order valence-electron chi connectivity index (χ0n) is 16.3. The van der Waals surface area contributed by atoms with Gasteiger partial charge in [-0.15, -0.1) is 0 Å². The predicted molar refractivity (Wildman–Crippen MR) is 99.2 cm³/mol. The molecule has 0 radical (unpaired) electrons. The lowest BCUT2D eigenvalue weighted by Gasteiger charge is -2.39. The van der Waals surface area contributed by atoms with Crippen molar-refractivity contribution in [1.82, 2.24) is 5.32 Å². The lowest BCUT2D eigenvalue weighted by atomic mass is 9.69. The number of ether oxygens (including phenoxy) is 2. The standard InChI is InChI=1S/C21H31NO3/c1-13(2)25-16-8-7-14(11-17(16)24-6)19(23)22-18-12-15-9-10-21(18,5)20(15,3)4/h7-8,11,13,15,18H,9-10,12H2,1-6H3,(H,22,23). The summed E-state index contributed by atoms with van der Waals surface area (Å²) in [6, 6.07) is 5.65. The summed E-state index contributed by atoms with van der Waals surface area (Å²) in [5.74, 6) is 1.95. The molecule has 2 saturated carbocycles. The Morgan fingerprint density at radius 1 is 1.24 bits per heavy atom. The maximum absolute atomic E-state index is 12.8. The lowest BCUT2D eigenvalue weighted by molar-refractivity contribution is 0.0825. The van der Waals surface area contributed by atoms with Crippen LogP contribution in [0, 0.1) is 16.7 Å². The molecule has 138 valence electrons. The maximum atomic E-state index is 12.8. The highest BCUT2D eigenvalue weighted by Gasteiger charge is 2.61. The largest absolute Gasteiger partial charge is 0.493 e. The van der Waals surface area contributed by atoms with Gasteiger partial charge in [0.15, 0.2) is 11.5 Å². The van der Waals surface area contributed by atoms with Crippen LogP contribution < -0.4 is 14.8 Å². The third-order valence-electron chi connectivity index (χ3n) is 6.89. The van der Waals surface area contributed by atoms with Crippen molar-refractivity contribution in [1.29, 1.82) is 0 Å². The summed E-state index contributed by atoms with van der Waals surface area (Å²) in [6.45, 7) is 11.0. The number of carbonyl (C=O) groups excluding carboxylic acids is 1. The Bertz CT molecular complexity index is 667. The van der Waals surface area contributed by atoms with Crippen LogP contribution in [0.15, 0.2) is 18.2 Å². The smallest absolute Gasteiger partial charge is 0.251 e. The lowest BCUT2D eigenvalue weighted by Crippen LogP contribution is -2.46. The van der Waals surface area contributed by atoms with Crippen LogP contribution in [0.1, 0.15) is 64.2 Å². The Kier molecular flexibility index (Phi) is 4.50. The first-order valence-corrected chi connectivity index (χ1v) is 9.34. The number of benzene rings is 1. The van der Waals surface area contributed by atoms with Crippen LogP contribution in [0.2, 0.25) is 0 Å². The molecular formula is C21H31NO3. The van der Waals surface area contributed by atoms with E-state index >= 15 is 0 Å². The summed E-state index contributed by atoms with van der Waals surface area (Å²) in [7, 11) is 1.60. The fourth-order valence-corrected chi connectivity index (χ4v) is 4.82. The molecule has 1 aromatic carbocycles. The Morgan fingerprint density at radius 2 is 1.96 bits per heavy atom. The van der Waals surface area contributed by atoms with Gasteiger partial charge < -0.3 is 14.8 Å². The second-order valence-corrected chi connectivity index (χ2v) is 8.67. The number of hydrogen-bond acceptors (Lipinski definition) is 3. The molecule has 1 amide bonds. The van der Waals surface area contributed by atoms with Crippen LogP contribution in [0.25, 0.3) is 0 Å². The number of methoxy groups -OCH3 is 1. The number of amides is 1. The van der Waals surface area contributed by atoms with Crippen molar-refractivity contribution in [3.63, 3.8) is 0 Å². The molecule has 2 bridgehead atoms. The first-order chi connectivity index (χ1) is 11.7. The summed E-state index contributed by atoms with van der Waals surface area (Å²) >= 11 is 0. The van der Waals surface area contributed by atoms with Gasteiger partial charge in [-0.2, -0.15) is 0 Å². The van der Waals surface area contributed by atoms with Gasteiger partial charge in [-0.1, -0.05) is 20.8 Å². The Balaban J connectivity index is 1.76. The van der Waals surface area contributed by atoms with E-state index in [9.17, 15) is 4.79 Å². The zero-order valence-corrected chi connectivity index (χ0v) is 16.3. The van der Waals surface area contributed by atoms with E-state index in [0.29, 0.717) is 23.0 Å². The van der Waals surface area contributed by atoms with Gasteiger partial charge in [-0.25, -0.2) is 0 Å². The molecular weight excluding hydrogens is 314 g/mol. The van der Waals surface area contributed by atoms with E-state index < -0.39 is 0 Å². The van der Waals surface area contributed by atoms with Gasteiger partial charge in [0.1, 0.15) is 0 Å². The van der Waals surface area contributed by atoms with Crippen molar-refractivity contribution in [2.75, 3.05) is 7.11 Å². The maximum Gasteiger partial charge on any atom is 0.251 e. The fraction of sp³-hybridized carbons (Fsp3) is 0.667. The van der Waals surface area contributed by atoms with Crippen molar-refractivity contribution in [2.45, 2.75) is 66.0 Å². The van der Waals surface area contributed by atoms with Gasteiger partial charge in [0.25, 0.3) is 5.91 Å². The summed E-state index contributed by atoms with van der Waals surface area (Å²) in [6.07, 6.45) is 3.62. The normalized spacial score (nSPS) is 29.7. The highest BCUT2D eigenvalue weighted by Crippen LogP contribution is 2.65. The molecule has 3 unspecified atom stereocenters. The van der Waals surface area contributed by atoms with Gasteiger partial charge in [0.05, 0.1) is 13.2 Å². The predicted octanol–water partition coefficient (Wildman–Crippen LogP) is 4.43. The zero-order chi connectivity index (χ0) is 18.4. The van der Waals surface area contributed by atoms with Crippen LogP contribution in [0.4, 0.5) is 0 Å². The molecule has 0 aliphatic heterocycles. The molecule has 1 aromatic rings. The van der Waals surface area contributed by atoms with Gasteiger partial charge in [0, 0.05) is 11.6 Å². The van der Waals surface area contributed by atoms with Crippen molar-refractivity contribution in [2.24, 2.45) is 16.7 Å². The molecule has 1 N–H and O–H groups in total. The fourth-order valence-electron chi connectivity index (χ4n) is 4.82. The molecule has 2 aliphatic rings. The molecule has 0 saturated heterocycles. The van der Waals surface area contributed by atoms with E-state index in [4.69, 9.17) is 9.47 Å². The monoisotopic (exact) mass is 345 g/mol. The van der Waals surface area contributed by atoms with E-state index in [1.165, 1.54) is 12.8 Å². The van der Waals surface area contributed by atoms with Gasteiger partial charge in [-0.05, 0) is 68.1 Å². The summed E-state index contributed by atoms with van der Waals surface area (Å²) < 4.78 is 11.1. The van der Waals surface area contributed by atoms with Crippen molar-refractivity contribution in [3.05, 3.63) is 23.8 Å². The van der Waals surface area contributed by atoms with Crippen LogP contribution in [-0.2, 0) is 0 Å². The Morgan fingerprint density at radius 3 is 2.48 bits per heavy atom. The first-order valence-electron chi connectivity index (χ1n) is 9.34. The molecule has 0 aromatic heterocycles. The number of hydrogen-bond donors (Lipinski definition) is 1. The molecule has 2 fully saturated rings. The molecule has 0 heterocycles. The highest BCUT2D eigenvalue weighted by atomic mass is 16.5. The average Bonchev–Trinajstić information content (AvgIpc) is 2.88. The minimum Gasteiger partial charge on any atom is -0.493 e. The first kappa shape index (κ1) is 18.1. The van der Waals surface area contributed by atoms with E-state index in [-0.39, 0.29) is 28.9 Å². The van der Waals surface area contributed by atoms with E-state index in [0.717, 1.165) is 6.42 Å². The Labute approximate surface area is 151 Å². The van der Waals surface area contributed by atoms with Gasteiger partial charge in [-0.3, -0.25) is 4.79 Å². The van der Waals surface area contributed by atoms with E-state index in [2.05, 4.69) is 26.1 Å². The third-order valence-corrected chi connectivity index (χ3v) is 6.89. The van der Waals surface area contributed by atoms with Crippen LogP contribution >= 0.6 is 0 Å². The van der Waals surface area contributed by atoms with Crippen LogP contribution in [0.5, 0.6) is 11.5 Å². The molecule has 2 aliphatic carbocycles. The highest BCUT2D eigenvalue weighted by molar-refractivity contribution is 5.95. The topological polar surface area (TPSA) is 47.6 Å². The van der Waals surface area contributed by atoms with Crippen LogP contribution in [0.3, 0.4) is 0 Å². The minimum atomic E-state index is -0.0241. The van der Waals surface area contributed by atoms with Gasteiger partial charge >= 0.3 is 0 Å². The summed E-state index contributed by atoms with van der Waals surface area (Å²) in [5, 5.41) is 3.30. The SMILES string of the molecule is COc1cc(C(=O)NC2CC3CCC2(C)C3(C)C)ccc1OC(C)C. The molecule has 4 nitrogen and oxygen atoms in total. The van der Waals surface area contributed by atoms with Crippen molar-refractivity contribution < 1.29 is 14.3 Å². The number of fused-ring (bicyclic) bond motifs is 2. The second-order valence-electron chi connectivity index (χ2n) is 8.67. The molecule has 0 spiro atoms. The van der Waals surface area contributed by atoms with E-state index in [1.54, 1.807) is 13.2 Å². The molecule has 3 rings (SSSR count). The number of rotatable bonds is 5. The second kappa shape index (κ2) is 6.22. The minimum absolute atomic E-state index is 0.0241. The molecule has 4 heteroatoms. The van der Waals surface area contributed by atoms with E-state index in [1.807, 2.05) is 26.0 Å². The molecule has 25 heavy (non-hydrogen) atoms. The van der Waals surface area contributed by atoms with Crippen molar-refractivity contribution in [3.8, 4) is 11.5 Å². The summed E-state index contributed by atoms with van der Waals surface area (Å²) in [4.78, 5) is 12.8. The molecule has 3 atom stereocenters. The van der Waals surface area contributed by atoms with Gasteiger partial charge in [0.2, 0.25) is 0 Å². The number of nitrogens with one attached hydrogen (secondary N) is 1. The number of carbonyl (C=O) groups is 1. The summed E-state index contributed by atoms with van der Waals surface area (Å²) in [5.41, 5.74) is 1.09. The average molecular weight is 345 g/mol. The van der Waals surface area contributed by atoms with Crippen LogP contribution in [-0.4, -0.2) is 25.2 Å².